The van der Waals surface area contributed by atoms with E-state index in [1.807, 2.05) is 12.1 Å². The van der Waals surface area contributed by atoms with Crippen molar-refractivity contribution in [3.05, 3.63) is 41.7 Å². The molecule has 1 atom stereocenters. The topological polar surface area (TPSA) is 59.5 Å². The Kier molecular flexibility index (Phi) is 2.66. The molecule has 3 rings (SSSR count). The molecular weight excluding hydrogens is 232 g/mol. The standard InChI is InChI=1S/C13H14N2O3/c1-9-8-10(14-18-9)13(16)15-6-2-4-11(15)12-5-3-7-17-12/h3,5,7-8,11H,2,4,6H2,1H3. The Hall–Kier alpha value is -2.04. The number of rotatable bonds is 2. The fourth-order valence-corrected chi connectivity index (χ4v) is 2.40. The number of aryl methyl sites for hydroxylation is 1. The van der Waals surface area contributed by atoms with Crippen LogP contribution < -0.4 is 0 Å². The summed E-state index contributed by atoms with van der Waals surface area (Å²) in [4.78, 5) is 14.1. The van der Waals surface area contributed by atoms with Crippen molar-refractivity contribution in [2.45, 2.75) is 25.8 Å². The Morgan fingerprint density at radius 1 is 1.56 bits per heavy atom. The van der Waals surface area contributed by atoms with E-state index in [0.717, 1.165) is 25.1 Å². The SMILES string of the molecule is Cc1cc(C(=O)N2CCCC2c2ccco2)no1. The first-order chi connectivity index (χ1) is 8.75. The van der Waals surface area contributed by atoms with Crippen LogP contribution in [0, 0.1) is 6.92 Å². The lowest BCUT2D eigenvalue weighted by atomic mass is 10.1. The Balaban J connectivity index is 1.85. The van der Waals surface area contributed by atoms with Crippen molar-refractivity contribution >= 4 is 5.91 Å². The van der Waals surface area contributed by atoms with Crippen molar-refractivity contribution in [1.82, 2.24) is 10.1 Å². The van der Waals surface area contributed by atoms with E-state index in [1.54, 1.807) is 24.2 Å². The molecule has 0 saturated carbocycles. The van der Waals surface area contributed by atoms with Crippen molar-refractivity contribution in [2.24, 2.45) is 0 Å². The maximum absolute atomic E-state index is 12.3. The first-order valence-corrected chi connectivity index (χ1v) is 6.03. The predicted octanol–water partition coefficient (Wildman–Crippen LogP) is 2.55. The molecular formula is C13H14N2O3. The van der Waals surface area contributed by atoms with Crippen molar-refractivity contribution in [3.63, 3.8) is 0 Å². The van der Waals surface area contributed by atoms with Gasteiger partial charge in [-0.15, -0.1) is 0 Å². The lowest BCUT2D eigenvalue weighted by molar-refractivity contribution is 0.0709. The second-order valence-electron chi connectivity index (χ2n) is 4.49. The van der Waals surface area contributed by atoms with E-state index in [9.17, 15) is 4.79 Å². The van der Waals surface area contributed by atoms with Crippen molar-refractivity contribution in [2.75, 3.05) is 6.54 Å². The highest BCUT2D eigenvalue weighted by Gasteiger charge is 2.33. The fraction of sp³-hybridized carbons (Fsp3) is 0.385. The zero-order valence-electron chi connectivity index (χ0n) is 10.1. The Labute approximate surface area is 104 Å². The van der Waals surface area contributed by atoms with Crippen molar-refractivity contribution in [1.29, 1.82) is 0 Å². The lowest BCUT2D eigenvalue weighted by Crippen LogP contribution is -2.30. The molecule has 1 aliphatic heterocycles. The molecule has 1 saturated heterocycles. The molecule has 0 N–H and O–H groups in total. The van der Waals surface area contributed by atoms with Gasteiger partial charge in [-0.2, -0.15) is 0 Å². The van der Waals surface area contributed by atoms with Crippen molar-refractivity contribution < 1.29 is 13.7 Å². The maximum atomic E-state index is 12.3. The number of hydrogen-bond acceptors (Lipinski definition) is 4. The normalized spacial score (nSPS) is 19.4. The van der Waals surface area contributed by atoms with Gasteiger partial charge in [-0.3, -0.25) is 4.79 Å². The summed E-state index contributed by atoms with van der Waals surface area (Å²) in [5, 5.41) is 3.78. The number of aromatic nitrogens is 1. The third kappa shape index (κ3) is 1.81. The molecule has 0 aliphatic carbocycles. The fourth-order valence-electron chi connectivity index (χ4n) is 2.40. The molecule has 3 heterocycles. The summed E-state index contributed by atoms with van der Waals surface area (Å²) in [6.07, 6.45) is 3.54. The van der Waals surface area contributed by atoms with E-state index in [4.69, 9.17) is 8.94 Å². The van der Waals surface area contributed by atoms with Gasteiger partial charge >= 0.3 is 0 Å². The number of nitrogens with zero attached hydrogens (tertiary/aromatic N) is 2. The summed E-state index contributed by atoms with van der Waals surface area (Å²) >= 11 is 0. The minimum Gasteiger partial charge on any atom is -0.467 e. The van der Waals surface area contributed by atoms with Crippen LogP contribution in [0.15, 0.2) is 33.4 Å². The third-order valence-corrected chi connectivity index (χ3v) is 3.23. The van der Waals surface area contributed by atoms with Gasteiger partial charge < -0.3 is 13.8 Å². The van der Waals surface area contributed by atoms with Crippen LogP contribution in [0.25, 0.3) is 0 Å². The largest absolute Gasteiger partial charge is 0.467 e. The molecule has 94 valence electrons. The molecule has 2 aromatic rings. The molecule has 0 aromatic carbocycles. The van der Waals surface area contributed by atoms with Crippen LogP contribution >= 0.6 is 0 Å². The number of likely N-dealkylation sites (tertiary alicyclic amines) is 1. The minimum atomic E-state index is -0.0919. The summed E-state index contributed by atoms with van der Waals surface area (Å²) in [7, 11) is 0. The molecule has 2 aromatic heterocycles. The number of carbonyl (C=O) groups excluding carboxylic acids is 1. The number of carbonyl (C=O) groups is 1. The molecule has 1 amide bonds. The zero-order chi connectivity index (χ0) is 12.5. The van der Waals surface area contributed by atoms with Crippen LogP contribution in [0.4, 0.5) is 0 Å². The number of hydrogen-bond donors (Lipinski definition) is 0. The van der Waals surface area contributed by atoms with E-state index in [2.05, 4.69) is 5.16 Å². The summed E-state index contributed by atoms with van der Waals surface area (Å²) < 4.78 is 10.4. The van der Waals surface area contributed by atoms with Gasteiger partial charge in [-0.05, 0) is 31.9 Å². The van der Waals surface area contributed by atoms with Crippen LogP contribution in [0.5, 0.6) is 0 Å². The Bertz CT molecular complexity index is 544. The van der Waals surface area contributed by atoms with Crippen molar-refractivity contribution in [3.8, 4) is 0 Å². The zero-order valence-corrected chi connectivity index (χ0v) is 10.1. The molecule has 18 heavy (non-hydrogen) atoms. The van der Waals surface area contributed by atoms with Crippen LogP contribution in [-0.2, 0) is 0 Å². The van der Waals surface area contributed by atoms with Gasteiger partial charge in [0.2, 0.25) is 0 Å². The average molecular weight is 246 g/mol. The molecule has 1 aliphatic rings. The van der Waals surface area contributed by atoms with Gasteiger partial charge in [0.15, 0.2) is 5.69 Å². The van der Waals surface area contributed by atoms with E-state index < -0.39 is 0 Å². The first kappa shape index (κ1) is 11.1. The second-order valence-corrected chi connectivity index (χ2v) is 4.49. The molecule has 5 nitrogen and oxygen atoms in total. The molecule has 1 unspecified atom stereocenters. The minimum absolute atomic E-state index is 0.0181. The lowest BCUT2D eigenvalue weighted by Gasteiger charge is -2.21. The summed E-state index contributed by atoms with van der Waals surface area (Å²) in [6.45, 7) is 2.51. The number of amides is 1. The van der Waals surface area contributed by atoms with Crippen LogP contribution in [0.1, 0.15) is 40.9 Å². The van der Waals surface area contributed by atoms with E-state index in [0.29, 0.717) is 11.5 Å². The number of furan rings is 1. The quantitative estimate of drug-likeness (QED) is 0.817. The predicted molar refractivity (Wildman–Crippen MR) is 63.0 cm³/mol. The maximum Gasteiger partial charge on any atom is 0.276 e. The van der Waals surface area contributed by atoms with Crippen LogP contribution in [-0.4, -0.2) is 22.5 Å². The molecule has 0 bridgehead atoms. The van der Waals surface area contributed by atoms with Gasteiger partial charge in [0.05, 0.1) is 12.3 Å². The van der Waals surface area contributed by atoms with Gasteiger partial charge in [-0.1, -0.05) is 5.16 Å². The van der Waals surface area contributed by atoms with Crippen LogP contribution in [0.2, 0.25) is 0 Å². The third-order valence-electron chi connectivity index (χ3n) is 3.23. The molecule has 0 radical (unpaired) electrons. The van der Waals surface area contributed by atoms with Crippen LogP contribution in [0.3, 0.4) is 0 Å². The van der Waals surface area contributed by atoms with E-state index >= 15 is 0 Å². The van der Waals surface area contributed by atoms with E-state index in [-0.39, 0.29) is 11.9 Å². The van der Waals surface area contributed by atoms with Gasteiger partial charge in [0.1, 0.15) is 11.5 Å². The molecule has 5 heteroatoms. The summed E-state index contributed by atoms with van der Waals surface area (Å²) in [5.41, 5.74) is 0.367. The Morgan fingerprint density at radius 3 is 3.11 bits per heavy atom. The molecule has 1 fully saturated rings. The van der Waals surface area contributed by atoms with Gasteiger partial charge in [0.25, 0.3) is 5.91 Å². The first-order valence-electron chi connectivity index (χ1n) is 6.03. The summed E-state index contributed by atoms with van der Waals surface area (Å²) in [6, 6.07) is 5.44. The van der Waals surface area contributed by atoms with Gasteiger partial charge in [0, 0.05) is 12.6 Å². The highest BCUT2D eigenvalue weighted by molar-refractivity contribution is 5.92. The average Bonchev–Trinajstić information content (AvgIpc) is 3.08. The smallest absolute Gasteiger partial charge is 0.276 e. The summed E-state index contributed by atoms with van der Waals surface area (Å²) in [5.74, 6) is 1.39. The highest BCUT2D eigenvalue weighted by Crippen LogP contribution is 2.33. The second kappa shape index (κ2) is 4.33. The van der Waals surface area contributed by atoms with E-state index in [1.165, 1.54) is 0 Å². The van der Waals surface area contributed by atoms with Gasteiger partial charge in [-0.25, -0.2) is 0 Å². The highest BCUT2D eigenvalue weighted by atomic mass is 16.5. The molecule has 0 spiro atoms. The monoisotopic (exact) mass is 246 g/mol. The Morgan fingerprint density at radius 2 is 2.44 bits per heavy atom.